The monoisotopic (exact) mass is 344 g/mol. The van der Waals surface area contributed by atoms with Crippen molar-refractivity contribution in [2.75, 3.05) is 18.9 Å². The number of hydrogen-bond donors (Lipinski definition) is 1. The van der Waals surface area contributed by atoms with Crippen LogP contribution in [0.1, 0.15) is 4.88 Å². The maximum absolute atomic E-state index is 12.3. The number of halogens is 1. The average Bonchev–Trinajstić information content (AvgIpc) is 2.92. The number of thiophene rings is 1. The van der Waals surface area contributed by atoms with E-state index >= 15 is 0 Å². The highest BCUT2D eigenvalue weighted by Crippen LogP contribution is 2.24. The van der Waals surface area contributed by atoms with Crippen molar-refractivity contribution in [3.05, 3.63) is 63.8 Å². The molecule has 1 heterocycles. The summed E-state index contributed by atoms with van der Waals surface area (Å²) in [4.78, 5) is 15.4. The normalized spacial score (nSPS) is 11.1. The highest BCUT2D eigenvalue weighted by Gasteiger charge is 2.10. The summed E-state index contributed by atoms with van der Waals surface area (Å²) in [6, 6.07) is 17.8. The van der Waals surface area contributed by atoms with E-state index in [-0.39, 0.29) is 5.91 Å². The molecule has 0 unspecified atom stereocenters. The van der Waals surface area contributed by atoms with Crippen LogP contribution in [0.15, 0.2) is 54.6 Å². The van der Waals surface area contributed by atoms with Crippen molar-refractivity contribution in [3.63, 3.8) is 0 Å². The Hall–Kier alpha value is -1.88. The fourth-order valence-corrected chi connectivity index (χ4v) is 3.70. The second-order valence-corrected chi connectivity index (χ2v) is 7.25. The predicted octanol–water partition coefficient (Wildman–Crippen LogP) is 4.63. The lowest BCUT2D eigenvalue weighted by atomic mass is 10.1. The van der Waals surface area contributed by atoms with E-state index in [0.29, 0.717) is 13.1 Å². The number of benzene rings is 2. The Morgan fingerprint density at radius 3 is 2.70 bits per heavy atom. The molecule has 0 aliphatic carbocycles. The molecule has 2 aromatic carbocycles. The van der Waals surface area contributed by atoms with Crippen LogP contribution in [-0.4, -0.2) is 24.4 Å². The highest BCUT2D eigenvalue weighted by molar-refractivity contribution is 7.16. The minimum absolute atomic E-state index is 0.0218. The second-order valence-electron chi connectivity index (χ2n) is 5.45. The number of rotatable bonds is 5. The number of carbonyl (C=O) groups is 1. The summed E-state index contributed by atoms with van der Waals surface area (Å²) >= 11 is 7.47. The van der Waals surface area contributed by atoms with Crippen molar-refractivity contribution in [2.24, 2.45) is 0 Å². The summed E-state index contributed by atoms with van der Waals surface area (Å²) in [5.41, 5.74) is 0.848. The zero-order valence-corrected chi connectivity index (χ0v) is 14.3. The number of nitrogens with one attached hydrogen (secondary N) is 1. The van der Waals surface area contributed by atoms with E-state index in [1.54, 1.807) is 11.3 Å². The zero-order chi connectivity index (χ0) is 16.2. The van der Waals surface area contributed by atoms with Gasteiger partial charge < -0.3 is 5.32 Å². The van der Waals surface area contributed by atoms with Gasteiger partial charge in [-0.15, -0.1) is 11.3 Å². The van der Waals surface area contributed by atoms with Gasteiger partial charge in [0, 0.05) is 22.5 Å². The van der Waals surface area contributed by atoms with E-state index in [0.717, 1.165) is 25.7 Å². The Balaban J connectivity index is 1.64. The standard InChI is InChI=1S/C18H17ClN2OS/c1-21(11-14-9-10-17(19)23-14)12-18(22)20-16-8-4-6-13-5-2-3-7-15(13)16/h2-10H,11-12H2,1H3,(H,20,22). The highest BCUT2D eigenvalue weighted by atomic mass is 35.5. The van der Waals surface area contributed by atoms with Crippen LogP contribution in [0.5, 0.6) is 0 Å². The van der Waals surface area contributed by atoms with Gasteiger partial charge in [-0.25, -0.2) is 0 Å². The van der Waals surface area contributed by atoms with E-state index in [1.165, 1.54) is 0 Å². The molecule has 0 bridgehead atoms. The minimum Gasteiger partial charge on any atom is -0.324 e. The van der Waals surface area contributed by atoms with Gasteiger partial charge in [-0.3, -0.25) is 9.69 Å². The Bertz CT molecular complexity index is 825. The molecule has 3 nitrogen and oxygen atoms in total. The molecule has 0 aliphatic rings. The van der Waals surface area contributed by atoms with Gasteiger partial charge in [0.1, 0.15) is 0 Å². The first-order valence-electron chi connectivity index (χ1n) is 7.32. The van der Waals surface area contributed by atoms with Crippen molar-refractivity contribution >= 4 is 45.3 Å². The largest absolute Gasteiger partial charge is 0.324 e. The van der Waals surface area contributed by atoms with Gasteiger partial charge in [0.25, 0.3) is 0 Å². The van der Waals surface area contributed by atoms with Crippen LogP contribution in [0.2, 0.25) is 4.34 Å². The number of amides is 1. The van der Waals surface area contributed by atoms with E-state index in [1.807, 2.05) is 66.5 Å². The maximum atomic E-state index is 12.3. The first-order chi connectivity index (χ1) is 11.1. The Kier molecular flexibility index (Phi) is 4.96. The molecule has 118 valence electrons. The van der Waals surface area contributed by atoms with Crippen molar-refractivity contribution in [3.8, 4) is 0 Å². The third kappa shape index (κ3) is 4.10. The fourth-order valence-electron chi connectivity index (χ4n) is 2.53. The number of nitrogens with zero attached hydrogens (tertiary/aromatic N) is 1. The number of anilines is 1. The third-order valence-corrected chi connectivity index (χ3v) is 4.75. The molecule has 0 aliphatic heterocycles. The van der Waals surface area contributed by atoms with Gasteiger partial charge in [-0.2, -0.15) is 0 Å². The molecule has 23 heavy (non-hydrogen) atoms. The van der Waals surface area contributed by atoms with Crippen LogP contribution in [0.25, 0.3) is 10.8 Å². The lowest BCUT2D eigenvalue weighted by Crippen LogP contribution is -2.29. The van der Waals surface area contributed by atoms with Crippen molar-refractivity contribution < 1.29 is 4.79 Å². The van der Waals surface area contributed by atoms with Gasteiger partial charge in [-0.05, 0) is 30.6 Å². The van der Waals surface area contributed by atoms with E-state index < -0.39 is 0 Å². The molecular formula is C18H17ClN2OS. The predicted molar refractivity (Wildman–Crippen MR) is 98.2 cm³/mol. The molecule has 1 aromatic heterocycles. The summed E-state index contributed by atoms with van der Waals surface area (Å²) in [7, 11) is 1.93. The zero-order valence-electron chi connectivity index (χ0n) is 12.8. The van der Waals surface area contributed by atoms with Crippen LogP contribution in [-0.2, 0) is 11.3 Å². The average molecular weight is 345 g/mol. The molecule has 3 aromatic rings. The first-order valence-corrected chi connectivity index (χ1v) is 8.51. The molecule has 0 fully saturated rings. The smallest absolute Gasteiger partial charge is 0.238 e. The quantitative estimate of drug-likeness (QED) is 0.732. The van der Waals surface area contributed by atoms with Gasteiger partial charge in [0.15, 0.2) is 0 Å². The lowest BCUT2D eigenvalue weighted by molar-refractivity contribution is -0.117. The number of carbonyl (C=O) groups excluding carboxylic acids is 1. The molecule has 5 heteroatoms. The van der Waals surface area contributed by atoms with Crippen molar-refractivity contribution in [1.29, 1.82) is 0 Å². The summed E-state index contributed by atoms with van der Waals surface area (Å²) in [5, 5.41) is 5.17. The first kappa shape index (κ1) is 16.0. The Morgan fingerprint density at radius 2 is 1.91 bits per heavy atom. The van der Waals surface area contributed by atoms with Crippen LogP contribution in [0, 0.1) is 0 Å². The Morgan fingerprint density at radius 1 is 1.13 bits per heavy atom. The molecule has 3 rings (SSSR count). The SMILES string of the molecule is CN(CC(=O)Nc1cccc2ccccc12)Cc1ccc(Cl)s1. The number of fused-ring (bicyclic) bond motifs is 1. The fraction of sp³-hybridized carbons (Fsp3) is 0.167. The van der Waals surface area contributed by atoms with E-state index in [2.05, 4.69) is 5.32 Å². The van der Waals surface area contributed by atoms with E-state index in [4.69, 9.17) is 11.6 Å². The second kappa shape index (κ2) is 7.13. The van der Waals surface area contributed by atoms with E-state index in [9.17, 15) is 4.79 Å². The molecule has 1 amide bonds. The van der Waals surface area contributed by atoms with Crippen LogP contribution in [0.3, 0.4) is 0 Å². The summed E-state index contributed by atoms with van der Waals surface area (Å²) < 4.78 is 0.772. The molecule has 0 saturated heterocycles. The summed E-state index contributed by atoms with van der Waals surface area (Å²) in [5.74, 6) is -0.0218. The van der Waals surface area contributed by atoms with Gasteiger partial charge in [0.05, 0.1) is 10.9 Å². The molecule has 0 atom stereocenters. The van der Waals surface area contributed by atoms with Crippen LogP contribution >= 0.6 is 22.9 Å². The third-order valence-electron chi connectivity index (χ3n) is 3.53. The summed E-state index contributed by atoms with van der Waals surface area (Å²) in [6.45, 7) is 1.04. The lowest BCUT2D eigenvalue weighted by Gasteiger charge is -2.16. The topological polar surface area (TPSA) is 32.3 Å². The van der Waals surface area contributed by atoms with Gasteiger partial charge in [-0.1, -0.05) is 48.0 Å². The molecule has 0 spiro atoms. The number of likely N-dealkylation sites (N-methyl/N-ethyl adjacent to an activating group) is 1. The van der Waals surface area contributed by atoms with Crippen molar-refractivity contribution in [1.82, 2.24) is 4.90 Å². The van der Waals surface area contributed by atoms with Crippen LogP contribution in [0.4, 0.5) is 5.69 Å². The Labute approximate surface area is 144 Å². The maximum Gasteiger partial charge on any atom is 0.238 e. The minimum atomic E-state index is -0.0218. The summed E-state index contributed by atoms with van der Waals surface area (Å²) in [6.07, 6.45) is 0. The van der Waals surface area contributed by atoms with Crippen molar-refractivity contribution in [2.45, 2.75) is 6.54 Å². The molecule has 1 N–H and O–H groups in total. The molecule has 0 radical (unpaired) electrons. The van der Waals surface area contributed by atoms with Gasteiger partial charge >= 0.3 is 0 Å². The molecular weight excluding hydrogens is 328 g/mol. The van der Waals surface area contributed by atoms with Crippen LogP contribution < -0.4 is 5.32 Å². The molecule has 0 saturated carbocycles. The van der Waals surface area contributed by atoms with Gasteiger partial charge in [0.2, 0.25) is 5.91 Å². The number of hydrogen-bond acceptors (Lipinski definition) is 3.